The van der Waals surface area contributed by atoms with Gasteiger partial charge in [-0.05, 0) is 0 Å². The quantitative estimate of drug-likeness (QED) is 0.301. The number of hydrogen-bond donors (Lipinski definition) is 0. The van der Waals surface area contributed by atoms with Gasteiger partial charge in [0.25, 0.3) is 0 Å². The minimum absolute atomic E-state index is 0.287. The van der Waals surface area contributed by atoms with Crippen molar-refractivity contribution in [3.63, 3.8) is 0 Å². The summed E-state index contributed by atoms with van der Waals surface area (Å²) in [6.07, 6.45) is -38.1. The molecule has 0 fully saturated rings. The highest BCUT2D eigenvalue weighted by Crippen LogP contribution is 2.62. The molecular weight excluding hydrogens is 467 g/mol. The third-order valence-electron chi connectivity index (χ3n) is 3.51. The molecule has 0 saturated carbocycles. The second-order valence-corrected chi connectivity index (χ2v) is 5.76. The Morgan fingerprint density at radius 3 is 0.862 bits per heavy atom. The van der Waals surface area contributed by atoms with E-state index in [0.717, 1.165) is 0 Å². The Bertz CT molecular complexity index is 589. The zero-order valence-corrected chi connectivity index (χ0v) is 13.5. The third-order valence-corrected chi connectivity index (χ3v) is 3.51. The SMILES string of the molecule is CC(C)C(F)(C(=C(C(F)(F)F)C(F)(F)F)C(F)(C(F)(F)F)C(F)(F)F)C(F)(F)F. The molecule has 174 valence electrons. The minimum Gasteiger partial charge on any atom is -0.228 e. The number of rotatable bonds is 3. The minimum atomic E-state index is -8.01. The van der Waals surface area contributed by atoms with Gasteiger partial charge in [0.05, 0.1) is 0 Å². The van der Waals surface area contributed by atoms with Gasteiger partial charge in [-0.25, -0.2) is 8.78 Å². The van der Waals surface area contributed by atoms with Crippen molar-refractivity contribution in [2.45, 2.75) is 56.1 Å². The summed E-state index contributed by atoms with van der Waals surface area (Å²) in [4.78, 5) is 0. The van der Waals surface area contributed by atoms with Crippen LogP contribution in [0, 0.1) is 5.92 Å². The van der Waals surface area contributed by atoms with Gasteiger partial charge < -0.3 is 0 Å². The molecule has 0 aliphatic rings. The first-order valence-corrected chi connectivity index (χ1v) is 6.66. The first-order valence-electron chi connectivity index (χ1n) is 6.66. The lowest BCUT2D eigenvalue weighted by Crippen LogP contribution is -2.64. The van der Waals surface area contributed by atoms with Gasteiger partial charge in [-0.3, -0.25) is 0 Å². The van der Waals surface area contributed by atoms with Crippen LogP contribution in [-0.4, -0.2) is 42.2 Å². The Morgan fingerprint density at radius 1 is 0.448 bits per heavy atom. The van der Waals surface area contributed by atoms with Crippen LogP contribution in [0.4, 0.5) is 74.6 Å². The van der Waals surface area contributed by atoms with Crippen LogP contribution in [0.15, 0.2) is 11.1 Å². The highest BCUT2D eigenvalue weighted by molar-refractivity contribution is 5.43. The average molecular weight is 474 g/mol. The molecule has 0 bridgehead atoms. The summed E-state index contributed by atoms with van der Waals surface area (Å²) in [6, 6.07) is 0. The van der Waals surface area contributed by atoms with Gasteiger partial charge in [0.2, 0.25) is 5.67 Å². The van der Waals surface area contributed by atoms with Gasteiger partial charge in [0.1, 0.15) is 5.57 Å². The Hall–Kier alpha value is -1.45. The molecule has 0 radical (unpaired) electrons. The van der Waals surface area contributed by atoms with Crippen LogP contribution in [-0.2, 0) is 0 Å². The van der Waals surface area contributed by atoms with Gasteiger partial charge in [-0.1, -0.05) is 13.8 Å². The molecular formula is C12H7F17. The van der Waals surface area contributed by atoms with Crippen LogP contribution in [0.3, 0.4) is 0 Å². The van der Waals surface area contributed by atoms with E-state index in [0.29, 0.717) is 0 Å². The summed E-state index contributed by atoms with van der Waals surface area (Å²) < 4.78 is 221. The molecule has 0 saturated heterocycles. The van der Waals surface area contributed by atoms with Crippen LogP contribution < -0.4 is 0 Å². The molecule has 0 aromatic heterocycles. The highest BCUT2D eigenvalue weighted by atomic mass is 19.4. The smallest absolute Gasteiger partial charge is 0.228 e. The van der Waals surface area contributed by atoms with Crippen LogP contribution in [0.5, 0.6) is 0 Å². The molecule has 0 heterocycles. The average Bonchev–Trinajstić information content (AvgIpc) is 2.35. The van der Waals surface area contributed by atoms with Crippen molar-refractivity contribution in [1.29, 1.82) is 0 Å². The summed E-state index contributed by atoms with van der Waals surface area (Å²) in [6.45, 7) is -0.573. The maximum Gasteiger partial charge on any atom is 0.435 e. The standard InChI is InChI=1S/C12H7F17/c1-3(2)6(13,10(21,22)23)4(5(8(15,16)17)9(18,19)20)7(14,11(24,25)26)12(27,28)29/h3H,1-2H3. The van der Waals surface area contributed by atoms with Crippen molar-refractivity contribution in [3.05, 3.63) is 11.1 Å². The van der Waals surface area contributed by atoms with Crippen molar-refractivity contribution in [1.82, 2.24) is 0 Å². The second-order valence-electron chi connectivity index (χ2n) is 5.76. The van der Waals surface area contributed by atoms with Crippen molar-refractivity contribution in [2.24, 2.45) is 5.92 Å². The number of allylic oxidation sites excluding steroid dienone is 2. The normalized spacial score (nSPS) is 17.4. The van der Waals surface area contributed by atoms with Gasteiger partial charge in [0, 0.05) is 11.5 Å². The number of alkyl halides is 17. The van der Waals surface area contributed by atoms with E-state index >= 15 is 0 Å². The topological polar surface area (TPSA) is 0 Å². The number of halogens is 17. The zero-order valence-electron chi connectivity index (χ0n) is 13.5. The van der Waals surface area contributed by atoms with Gasteiger partial charge in [-0.2, -0.15) is 65.9 Å². The van der Waals surface area contributed by atoms with Gasteiger partial charge in [0.15, 0.2) is 0 Å². The molecule has 1 unspecified atom stereocenters. The Morgan fingerprint density at radius 2 is 0.724 bits per heavy atom. The molecule has 0 nitrogen and oxygen atoms in total. The largest absolute Gasteiger partial charge is 0.435 e. The Kier molecular flexibility index (Phi) is 6.71. The lowest BCUT2D eigenvalue weighted by molar-refractivity contribution is -0.341. The van der Waals surface area contributed by atoms with E-state index in [9.17, 15) is 74.6 Å². The van der Waals surface area contributed by atoms with E-state index in [1.54, 1.807) is 0 Å². The van der Waals surface area contributed by atoms with Crippen molar-refractivity contribution < 1.29 is 74.6 Å². The maximum atomic E-state index is 14.5. The lowest BCUT2D eigenvalue weighted by Gasteiger charge is -2.43. The van der Waals surface area contributed by atoms with E-state index in [1.807, 2.05) is 0 Å². The predicted octanol–water partition coefficient (Wildman–Crippen LogP) is 7.17. The summed E-state index contributed by atoms with van der Waals surface area (Å²) in [5.74, 6) is -3.49. The van der Waals surface area contributed by atoms with Crippen LogP contribution in [0.25, 0.3) is 0 Å². The molecule has 0 N–H and O–H groups in total. The lowest BCUT2D eigenvalue weighted by atomic mass is 9.72. The summed E-state index contributed by atoms with van der Waals surface area (Å²) in [5, 5.41) is 0. The van der Waals surface area contributed by atoms with E-state index in [1.165, 1.54) is 0 Å². The van der Waals surface area contributed by atoms with Crippen LogP contribution in [0.2, 0.25) is 0 Å². The Balaban J connectivity index is 8.27. The molecule has 29 heavy (non-hydrogen) atoms. The van der Waals surface area contributed by atoms with Crippen molar-refractivity contribution in [2.75, 3.05) is 0 Å². The summed E-state index contributed by atoms with van der Waals surface area (Å²) >= 11 is 0. The van der Waals surface area contributed by atoms with Gasteiger partial charge >= 0.3 is 36.6 Å². The molecule has 0 aliphatic heterocycles. The molecule has 0 aromatic rings. The third kappa shape index (κ3) is 4.51. The summed E-state index contributed by atoms with van der Waals surface area (Å²) in [7, 11) is 0. The molecule has 0 aromatic carbocycles. The first kappa shape index (κ1) is 27.5. The molecule has 0 aliphatic carbocycles. The highest BCUT2D eigenvalue weighted by Gasteiger charge is 2.83. The fourth-order valence-corrected chi connectivity index (χ4v) is 2.25. The monoisotopic (exact) mass is 474 g/mol. The molecule has 0 rings (SSSR count). The van der Waals surface area contributed by atoms with Gasteiger partial charge in [-0.15, -0.1) is 0 Å². The van der Waals surface area contributed by atoms with E-state index in [2.05, 4.69) is 0 Å². The molecule has 1 atom stereocenters. The zero-order chi connectivity index (χ0) is 24.2. The van der Waals surface area contributed by atoms with E-state index in [-0.39, 0.29) is 13.8 Å². The number of hydrogen-bond acceptors (Lipinski definition) is 0. The second kappa shape index (κ2) is 7.06. The predicted molar refractivity (Wildman–Crippen MR) is 59.8 cm³/mol. The first-order chi connectivity index (χ1) is 12.2. The van der Waals surface area contributed by atoms with Crippen molar-refractivity contribution >= 4 is 0 Å². The van der Waals surface area contributed by atoms with E-state index in [4.69, 9.17) is 0 Å². The van der Waals surface area contributed by atoms with Crippen LogP contribution in [0.1, 0.15) is 13.8 Å². The van der Waals surface area contributed by atoms with Crippen molar-refractivity contribution in [3.8, 4) is 0 Å². The van der Waals surface area contributed by atoms with E-state index < -0.39 is 59.3 Å². The molecule has 17 heteroatoms. The fourth-order valence-electron chi connectivity index (χ4n) is 2.25. The Labute approximate surface area is 149 Å². The molecule has 0 amide bonds. The van der Waals surface area contributed by atoms with Crippen LogP contribution >= 0.6 is 0 Å². The fraction of sp³-hybridized carbons (Fsp3) is 0.833. The maximum absolute atomic E-state index is 14.5. The molecule has 0 spiro atoms. The summed E-state index contributed by atoms with van der Waals surface area (Å²) in [5.41, 5.74) is -25.2.